The number of halogens is 3. The van der Waals surface area contributed by atoms with Crippen LogP contribution in [0.25, 0.3) is 6.08 Å². The molecular formula is C16H10F3N3O. The molecule has 0 saturated heterocycles. The molecule has 0 bridgehead atoms. The Balaban J connectivity index is 2.21. The van der Waals surface area contributed by atoms with E-state index in [-0.39, 0.29) is 11.3 Å². The lowest BCUT2D eigenvalue weighted by atomic mass is 10.1. The van der Waals surface area contributed by atoms with Crippen LogP contribution in [-0.2, 0) is 11.0 Å². The van der Waals surface area contributed by atoms with E-state index in [4.69, 9.17) is 5.26 Å². The average Bonchev–Trinajstić information content (AvgIpc) is 2.53. The molecule has 0 unspecified atom stereocenters. The Hall–Kier alpha value is -3.14. The van der Waals surface area contributed by atoms with Crippen molar-refractivity contribution in [2.24, 2.45) is 0 Å². The molecule has 2 aromatic rings. The van der Waals surface area contributed by atoms with Crippen LogP contribution in [-0.4, -0.2) is 10.9 Å². The molecule has 1 amide bonds. The van der Waals surface area contributed by atoms with Gasteiger partial charge in [0.1, 0.15) is 11.6 Å². The van der Waals surface area contributed by atoms with Gasteiger partial charge in [-0.15, -0.1) is 0 Å². The van der Waals surface area contributed by atoms with E-state index in [1.54, 1.807) is 18.2 Å². The number of anilines is 1. The summed E-state index contributed by atoms with van der Waals surface area (Å²) in [5.41, 5.74) is -0.638. The number of hydrogen-bond acceptors (Lipinski definition) is 3. The Bertz CT molecular complexity index is 777. The summed E-state index contributed by atoms with van der Waals surface area (Å²) < 4.78 is 37.9. The van der Waals surface area contributed by atoms with Crippen molar-refractivity contribution >= 4 is 17.7 Å². The van der Waals surface area contributed by atoms with Crippen LogP contribution < -0.4 is 5.32 Å². The number of alkyl halides is 3. The van der Waals surface area contributed by atoms with Gasteiger partial charge in [0, 0.05) is 18.1 Å². The number of hydrogen-bond donors (Lipinski definition) is 1. The Morgan fingerprint density at radius 3 is 2.65 bits per heavy atom. The van der Waals surface area contributed by atoms with Crippen molar-refractivity contribution < 1.29 is 18.0 Å². The molecule has 1 heterocycles. The third kappa shape index (κ3) is 4.41. The monoisotopic (exact) mass is 317 g/mol. The van der Waals surface area contributed by atoms with E-state index in [1.165, 1.54) is 30.6 Å². The zero-order valence-corrected chi connectivity index (χ0v) is 11.6. The van der Waals surface area contributed by atoms with Crippen LogP contribution in [0.2, 0.25) is 0 Å². The van der Waals surface area contributed by atoms with Gasteiger partial charge in [-0.3, -0.25) is 9.78 Å². The number of carbonyl (C=O) groups excluding carboxylic acids is 1. The molecule has 116 valence electrons. The molecule has 0 aliphatic rings. The Morgan fingerprint density at radius 1 is 1.26 bits per heavy atom. The largest absolute Gasteiger partial charge is 0.416 e. The molecule has 0 aliphatic carbocycles. The van der Waals surface area contributed by atoms with E-state index >= 15 is 0 Å². The van der Waals surface area contributed by atoms with Gasteiger partial charge in [0.25, 0.3) is 5.91 Å². The maximum Gasteiger partial charge on any atom is 0.416 e. The molecule has 7 heteroatoms. The Morgan fingerprint density at radius 2 is 2.04 bits per heavy atom. The van der Waals surface area contributed by atoms with Gasteiger partial charge < -0.3 is 5.32 Å². The smallest absolute Gasteiger partial charge is 0.321 e. The van der Waals surface area contributed by atoms with Crippen molar-refractivity contribution in [3.63, 3.8) is 0 Å². The number of nitrogens with one attached hydrogen (secondary N) is 1. The highest BCUT2D eigenvalue weighted by molar-refractivity contribution is 6.09. The van der Waals surface area contributed by atoms with E-state index in [2.05, 4.69) is 10.3 Å². The van der Waals surface area contributed by atoms with E-state index in [9.17, 15) is 18.0 Å². The first-order chi connectivity index (χ1) is 10.9. The van der Waals surface area contributed by atoms with E-state index in [1.807, 2.05) is 0 Å². The molecule has 0 atom stereocenters. The fourth-order valence-corrected chi connectivity index (χ4v) is 1.75. The maximum atomic E-state index is 12.6. The highest BCUT2D eigenvalue weighted by Crippen LogP contribution is 2.30. The summed E-state index contributed by atoms with van der Waals surface area (Å²) in [6.45, 7) is 0. The van der Waals surface area contributed by atoms with Crippen molar-refractivity contribution in [1.29, 1.82) is 5.26 Å². The summed E-state index contributed by atoms with van der Waals surface area (Å²) in [5.74, 6) is -0.796. The molecule has 1 aromatic heterocycles. The van der Waals surface area contributed by atoms with Gasteiger partial charge >= 0.3 is 6.18 Å². The van der Waals surface area contributed by atoms with Crippen molar-refractivity contribution in [1.82, 2.24) is 4.98 Å². The van der Waals surface area contributed by atoms with Crippen molar-refractivity contribution in [2.45, 2.75) is 6.18 Å². The first-order valence-electron chi connectivity index (χ1n) is 6.40. The van der Waals surface area contributed by atoms with Gasteiger partial charge in [-0.2, -0.15) is 18.4 Å². The zero-order chi connectivity index (χ0) is 16.9. The first-order valence-corrected chi connectivity index (χ1v) is 6.40. The minimum atomic E-state index is -4.51. The predicted molar refractivity (Wildman–Crippen MR) is 77.9 cm³/mol. The number of carbonyl (C=O) groups is 1. The molecule has 0 radical (unpaired) electrons. The lowest BCUT2D eigenvalue weighted by Gasteiger charge is -2.09. The zero-order valence-electron chi connectivity index (χ0n) is 11.6. The van der Waals surface area contributed by atoms with Gasteiger partial charge in [-0.25, -0.2) is 0 Å². The maximum absolute atomic E-state index is 12.6. The second-order valence-electron chi connectivity index (χ2n) is 4.49. The normalized spacial score (nSPS) is 11.7. The van der Waals surface area contributed by atoms with Gasteiger partial charge in [-0.05, 0) is 35.9 Å². The molecular weight excluding hydrogens is 307 g/mol. The van der Waals surface area contributed by atoms with Crippen molar-refractivity contribution in [3.05, 3.63) is 65.5 Å². The van der Waals surface area contributed by atoms with Crippen LogP contribution in [0.15, 0.2) is 54.4 Å². The fourth-order valence-electron chi connectivity index (χ4n) is 1.75. The van der Waals surface area contributed by atoms with Crippen LogP contribution >= 0.6 is 0 Å². The molecule has 0 aliphatic heterocycles. The molecule has 1 aromatic carbocycles. The summed E-state index contributed by atoms with van der Waals surface area (Å²) in [4.78, 5) is 15.8. The predicted octanol–water partition coefficient (Wildman–Crippen LogP) is 3.65. The summed E-state index contributed by atoms with van der Waals surface area (Å²) in [5, 5.41) is 11.3. The summed E-state index contributed by atoms with van der Waals surface area (Å²) in [7, 11) is 0. The summed E-state index contributed by atoms with van der Waals surface area (Å²) in [6.07, 6.45) is -0.221. The highest BCUT2D eigenvalue weighted by atomic mass is 19.4. The van der Waals surface area contributed by atoms with E-state index in [0.29, 0.717) is 5.56 Å². The average molecular weight is 317 g/mol. The molecule has 4 nitrogen and oxygen atoms in total. The number of pyridine rings is 1. The van der Waals surface area contributed by atoms with E-state index < -0.39 is 17.6 Å². The third-order valence-corrected chi connectivity index (χ3v) is 2.81. The minimum Gasteiger partial charge on any atom is -0.321 e. The highest BCUT2D eigenvalue weighted by Gasteiger charge is 2.30. The number of benzene rings is 1. The number of rotatable bonds is 3. The SMILES string of the molecule is N#C/C(=C\c1cccnc1)C(=O)Nc1cccc(C(F)(F)F)c1. The van der Waals surface area contributed by atoms with Crippen LogP contribution in [0.3, 0.4) is 0 Å². The molecule has 2 rings (SSSR count). The fraction of sp³-hybridized carbons (Fsp3) is 0.0625. The Labute approximate surface area is 129 Å². The van der Waals surface area contributed by atoms with Gasteiger partial charge in [0.05, 0.1) is 5.56 Å². The standard InChI is InChI=1S/C16H10F3N3O/c17-16(18,19)13-4-1-5-14(8-13)22-15(23)12(9-20)7-11-3-2-6-21-10-11/h1-8,10H,(H,22,23)/b12-7+. The molecule has 1 N–H and O–H groups in total. The van der Waals surface area contributed by atoms with E-state index in [0.717, 1.165) is 12.1 Å². The summed E-state index contributed by atoms with van der Waals surface area (Å²) in [6, 6.07) is 9.17. The van der Waals surface area contributed by atoms with Crippen LogP contribution in [0.1, 0.15) is 11.1 Å². The van der Waals surface area contributed by atoms with Crippen LogP contribution in [0.4, 0.5) is 18.9 Å². The molecule has 0 saturated carbocycles. The van der Waals surface area contributed by atoms with Crippen LogP contribution in [0.5, 0.6) is 0 Å². The molecule has 0 spiro atoms. The quantitative estimate of drug-likeness (QED) is 0.694. The minimum absolute atomic E-state index is 0.0443. The molecule has 0 fully saturated rings. The van der Waals surface area contributed by atoms with Crippen molar-refractivity contribution in [2.75, 3.05) is 5.32 Å². The lowest BCUT2D eigenvalue weighted by Crippen LogP contribution is -2.14. The van der Waals surface area contributed by atoms with Crippen LogP contribution in [0, 0.1) is 11.3 Å². The second-order valence-corrected chi connectivity index (χ2v) is 4.49. The van der Waals surface area contributed by atoms with Gasteiger partial charge in [-0.1, -0.05) is 12.1 Å². The summed E-state index contributed by atoms with van der Waals surface area (Å²) >= 11 is 0. The van der Waals surface area contributed by atoms with Gasteiger partial charge in [0.2, 0.25) is 0 Å². The lowest BCUT2D eigenvalue weighted by molar-refractivity contribution is -0.137. The number of nitriles is 1. The topological polar surface area (TPSA) is 65.8 Å². The first kappa shape index (κ1) is 16.2. The van der Waals surface area contributed by atoms with Gasteiger partial charge in [0.15, 0.2) is 0 Å². The third-order valence-electron chi connectivity index (χ3n) is 2.81. The Kier molecular flexibility index (Phi) is 4.76. The second kappa shape index (κ2) is 6.75. The number of amides is 1. The number of aromatic nitrogens is 1. The number of nitrogens with zero attached hydrogens (tertiary/aromatic N) is 2. The molecule has 23 heavy (non-hydrogen) atoms. The van der Waals surface area contributed by atoms with Crippen molar-refractivity contribution in [3.8, 4) is 6.07 Å².